The summed E-state index contributed by atoms with van der Waals surface area (Å²) in [4.78, 5) is 15.4. The molecule has 5 atom stereocenters. The molecule has 2 bridgehead atoms. The normalized spacial score (nSPS) is 24.0. The molecule has 0 spiro atoms. The number of fused-ring (bicyclic) bond motifs is 2. The van der Waals surface area contributed by atoms with Crippen molar-refractivity contribution in [2.45, 2.75) is 62.0 Å². The lowest BCUT2D eigenvalue weighted by Gasteiger charge is -2.41. The molecule has 2 heterocycles. The van der Waals surface area contributed by atoms with E-state index < -0.39 is 34.5 Å². The molecule has 0 saturated carbocycles. The third-order valence-electron chi connectivity index (χ3n) is 6.80. The molecular formula is C24H28F3N3O2S. The maximum absolute atomic E-state index is 14.0. The molecule has 5 nitrogen and oxygen atoms in total. The van der Waals surface area contributed by atoms with E-state index in [9.17, 15) is 22.2 Å². The number of hydrogen-bond donors (Lipinski definition) is 2. The van der Waals surface area contributed by atoms with E-state index in [1.54, 1.807) is 12.1 Å². The first-order chi connectivity index (χ1) is 15.7. The molecule has 2 aromatic rings. The minimum atomic E-state index is -1.47. The Morgan fingerprint density at radius 1 is 1.09 bits per heavy atom. The number of benzene rings is 2. The number of rotatable bonds is 7. The highest BCUT2D eigenvalue weighted by Gasteiger charge is 2.44. The molecule has 3 unspecified atom stereocenters. The van der Waals surface area contributed by atoms with Crippen LogP contribution < -0.4 is 10.5 Å². The van der Waals surface area contributed by atoms with Crippen molar-refractivity contribution in [2.75, 3.05) is 6.54 Å². The summed E-state index contributed by atoms with van der Waals surface area (Å²) in [6.07, 6.45) is 3.18. The third kappa shape index (κ3) is 5.31. The van der Waals surface area contributed by atoms with E-state index in [-0.39, 0.29) is 42.4 Å². The van der Waals surface area contributed by atoms with Gasteiger partial charge in [0.1, 0.15) is 16.8 Å². The number of amides is 1. The largest absolute Gasteiger partial charge is 0.336 e. The van der Waals surface area contributed by atoms with E-state index in [1.807, 2.05) is 24.0 Å². The average molecular weight is 480 g/mol. The first-order valence-electron chi connectivity index (χ1n) is 11.1. The van der Waals surface area contributed by atoms with Crippen LogP contribution in [0.2, 0.25) is 0 Å². The molecule has 2 aliphatic heterocycles. The van der Waals surface area contributed by atoms with Crippen molar-refractivity contribution in [3.8, 4) is 0 Å². The molecule has 2 aliphatic rings. The number of hydrogen-bond acceptors (Lipinski definition) is 3. The van der Waals surface area contributed by atoms with E-state index >= 15 is 0 Å². The fourth-order valence-electron chi connectivity index (χ4n) is 5.08. The second kappa shape index (κ2) is 9.95. The van der Waals surface area contributed by atoms with Gasteiger partial charge in [-0.1, -0.05) is 17.7 Å². The number of halogens is 3. The fraction of sp³-hybridized carbons (Fsp3) is 0.458. The highest BCUT2D eigenvalue weighted by atomic mass is 32.2. The average Bonchev–Trinajstić information content (AvgIpc) is 3.05. The lowest BCUT2D eigenvalue weighted by Crippen LogP contribution is -2.52. The van der Waals surface area contributed by atoms with Gasteiger partial charge in [-0.15, -0.1) is 0 Å². The summed E-state index contributed by atoms with van der Waals surface area (Å²) in [5, 5.41) is 0. The molecule has 0 aliphatic carbocycles. The van der Waals surface area contributed by atoms with Gasteiger partial charge in [-0.3, -0.25) is 4.79 Å². The first-order valence-corrected chi connectivity index (χ1v) is 12.3. The molecule has 2 aromatic carbocycles. The van der Waals surface area contributed by atoms with Gasteiger partial charge in [0, 0.05) is 24.2 Å². The van der Waals surface area contributed by atoms with Gasteiger partial charge in [-0.25, -0.2) is 22.1 Å². The summed E-state index contributed by atoms with van der Waals surface area (Å²) in [5.41, 5.74) is 7.48. The van der Waals surface area contributed by atoms with Crippen LogP contribution in [0.4, 0.5) is 13.2 Å². The molecule has 33 heavy (non-hydrogen) atoms. The summed E-state index contributed by atoms with van der Waals surface area (Å²) in [5.74, 6) is -3.15. The van der Waals surface area contributed by atoms with Gasteiger partial charge in [-0.05, 0) is 68.7 Å². The van der Waals surface area contributed by atoms with Crippen LogP contribution >= 0.6 is 0 Å². The van der Waals surface area contributed by atoms with Crippen molar-refractivity contribution in [1.29, 1.82) is 0 Å². The van der Waals surface area contributed by atoms with Crippen LogP contribution in [0.1, 0.15) is 36.8 Å². The van der Waals surface area contributed by atoms with Gasteiger partial charge in [-0.2, -0.15) is 0 Å². The molecular weight excluding hydrogens is 451 g/mol. The minimum Gasteiger partial charge on any atom is -0.336 e. The van der Waals surface area contributed by atoms with Gasteiger partial charge in [0.15, 0.2) is 11.6 Å². The molecule has 9 heteroatoms. The van der Waals surface area contributed by atoms with Crippen LogP contribution in [-0.2, 0) is 22.2 Å². The van der Waals surface area contributed by atoms with Crippen LogP contribution in [-0.4, -0.2) is 39.7 Å². The van der Waals surface area contributed by atoms with E-state index in [4.69, 9.17) is 5.73 Å². The van der Waals surface area contributed by atoms with E-state index in [0.717, 1.165) is 24.5 Å². The Hall–Kier alpha value is -2.23. The second-order valence-corrected chi connectivity index (χ2v) is 10.3. The molecule has 4 rings (SSSR count). The zero-order valence-corrected chi connectivity index (χ0v) is 19.2. The van der Waals surface area contributed by atoms with Crippen molar-refractivity contribution in [1.82, 2.24) is 9.62 Å². The van der Waals surface area contributed by atoms with Crippen molar-refractivity contribution in [2.24, 2.45) is 11.7 Å². The summed E-state index contributed by atoms with van der Waals surface area (Å²) in [7, 11) is -1.47. The Bertz CT molecular complexity index is 1040. The standard InChI is InChI=1S/C24H28F3N3O2S/c1-14-2-6-19(7-3-14)33(32)29-13-24(31)30-17-4-5-18(30)9-16(8-17)23(28)11-15-10-21(26)22(27)12-20(15)25/h2-3,6-7,10,12,16-18,23,29H,4-5,8-9,11,13,28H2,1H3/t16?,17-,18+,23?,33?. The lowest BCUT2D eigenvalue weighted by molar-refractivity contribution is -0.135. The minimum absolute atomic E-state index is 0.0235. The quantitative estimate of drug-likeness (QED) is 0.598. The summed E-state index contributed by atoms with van der Waals surface area (Å²) in [6, 6.07) is 8.34. The van der Waals surface area contributed by atoms with Crippen LogP contribution in [0.3, 0.4) is 0 Å². The maximum Gasteiger partial charge on any atom is 0.238 e. The molecule has 0 aromatic heterocycles. The smallest absolute Gasteiger partial charge is 0.238 e. The van der Waals surface area contributed by atoms with Gasteiger partial charge in [0.2, 0.25) is 5.91 Å². The van der Waals surface area contributed by atoms with E-state index in [0.29, 0.717) is 23.8 Å². The summed E-state index contributed by atoms with van der Waals surface area (Å²) < 4.78 is 56.0. The van der Waals surface area contributed by atoms with Crippen LogP contribution in [0.25, 0.3) is 0 Å². The second-order valence-electron chi connectivity index (χ2n) is 9.05. The third-order valence-corrected chi connectivity index (χ3v) is 7.90. The van der Waals surface area contributed by atoms with Crippen LogP contribution in [0, 0.1) is 30.3 Å². The highest BCUT2D eigenvalue weighted by Crippen LogP contribution is 2.40. The Morgan fingerprint density at radius 2 is 1.70 bits per heavy atom. The van der Waals surface area contributed by atoms with Crippen LogP contribution in [0.15, 0.2) is 41.3 Å². The van der Waals surface area contributed by atoms with Gasteiger partial charge < -0.3 is 10.6 Å². The van der Waals surface area contributed by atoms with Crippen LogP contribution in [0.5, 0.6) is 0 Å². The molecule has 178 valence electrons. The van der Waals surface area contributed by atoms with Gasteiger partial charge >= 0.3 is 0 Å². The number of nitrogens with zero attached hydrogens (tertiary/aromatic N) is 1. The van der Waals surface area contributed by atoms with Crippen molar-refractivity contribution >= 4 is 16.9 Å². The van der Waals surface area contributed by atoms with Gasteiger partial charge in [0.25, 0.3) is 0 Å². The number of carbonyl (C=O) groups excluding carboxylic acids is 1. The molecule has 1 amide bonds. The first kappa shape index (κ1) is 23.9. The Morgan fingerprint density at radius 3 is 2.33 bits per heavy atom. The molecule has 3 N–H and O–H groups in total. The zero-order chi connectivity index (χ0) is 23.7. The Labute approximate surface area is 194 Å². The topological polar surface area (TPSA) is 75.4 Å². The maximum atomic E-state index is 14.0. The van der Waals surface area contributed by atoms with Gasteiger partial charge in [0.05, 0.1) is 11.4 Å². The number of piperidine rings is 1. The summed E-state index contributed by atoms with van der Waals surface area (Å²) >= 11 is 0. The SMILES string of the molecule is Cc1ccc(S(=O)NCC(=O)N2[C@@H]3CC[C@H]2CC(C(N)Cc2cc(F)c(F)cc2F)C3)cc1. The Kier molecular flexibility index (Phi) is 7.21. The summed E-state index contributed by atoms with van der Waals surface area (Å²) in [6.45, 7) is 1.92. The lowest BCUT2D eigenvalue weighted by atomic mass is 9.82. The predicted octanol–water partition coefficient (Wildman–Crippen LogP) is 3.36. The number of nitrogens with two attached hydrogens (primary N) is 1. The fourth-order valence-corrected chi connectivity index (χ4v) is 5.89. The highest BCUT2D eigenvalue weighted by molar-refractivity contribution is 7.83. The van der Waals surface area contributed by atoms with E-state index in [2.05, 4.69) is 4.72 Å². The van der Waals surface area contributed by atoms with Crippen molar-refractivity contribution in [3.05, 3.63) is 65.0 Å². The molecule has 0 radical (unpaired) electrons. The zero-order valence-electron chi connectivity index (χ0n) is 18.4. The number of aryl methyl sites for hydroxylation is 1. The van der Waals surface area contributed by atoms with Crippen molar-refractivity contribution < 1.29 is 22.2 Å². The molecule has 2 saturated heterocycles. The van der Waals surface area contributed by atoms with E-state index in [1.165, 1.54) is 0 Å². The predicted molar refractivity (Wildman–Crippen MR) is 120 cm³/mol. The Balaban J connectivity index is 1.34. The number of nitrogens with one attached hydrogen (secondary N) is 1. The van der Waals surface area contributed by atoms with Crippen molar-refractivity contribution in [3.63, 3.8) is 0 Å². The number of carbonyl (C=O) groups is 1. The molecule has 2 fully saturated rings. The monoisotopic (exact) mass is 479 g/mol.